The molecule has 0 spiro atoms. The zero-order valence-electron chi connectivity index (χ0n) is 9.81. The standard InChI is InChI=1S/C12H17N3O/c1-9-3-5-15(6-4-9)12-13-7-11(8-14-12)10(2)16/h7-9H,3-6H2,1-2H3. The summed E-state index contributed by atoms with van der Waals surface area (Å²) in [6.07, 6.45) is 5.61. The van der Waals surface area contributed by atoms with Gasteiger partial charge in [0.2, 0.25) is 5.95 Å². The van der Waals surface area contributed by atoms with E-state index in [9.17, 15) is 4.79 Å². The average molecular weight is 219 g/mol. The second-order valence-corrected chi connectivity index (χ2v) is 4.50. The molecule has 86 valence electrons. The van der Waals surface area contributed by atoms with Crippen LogP contribution in [0.2, 0.25) is 0 Å². The van der Waals surface area contributed by atoms with Gasteiger partial charge in [-0.15, -0.1) is 0 Å². The normalized spacial score (nSPS) is 17.5. The first kappa shape index (κ1) is 11.0. The molecule has 4 nitrogen and oxygen atoms in total. The Morgan fingerprint density at radius 1 is 1.31 bits per heavy atom. The Kier molecular flexibility index (Phi) is 3.17. The lowest BCUT2D eigenvalue weighted by Crippen LogP contribution is -2.34. The van der Waals surface area contributed by atoms with Gasteiger partial charge < -0.3 is 4.90 Å². The number of nitrogens with zero attached hydrogens (tertiary/aromatic N) is 3. The number of carbonyl (C=O) groups excluding carboxylic acids is 1. The van der Waals surface area contributed by atoms with Gasteiger partial charge in [-0.2, -0.15) is 0 Å². The molecule has 0 aromatic carbocycles. The molecule has 0 aliphatic carbocycles. The molecular weight excluding hydrogens is 202 g/mol. The topological polar surface area (TPSA) is 46.1 Å². The number of carbonyl (C=O) groups is 1. The zero-order valence-corrected chi connectivity index (χ0v) is 9.81. The Labute approximate surface area is 95.7 Å². The lowest BCUT2D eigenvalue weighted by molar-refractivity contribution is 0.101. The summed E-state index contributed by atoms with van der Waals surface area (Å²) in [5.41, 5.74) is 0.578. The van der Waals surface area contributed by atoms with Crippen LogP contribution in [0.3, 0.4) is 0 Å². The quantitative estimate of drug-likeness (QED) is 0.713. The van der Waals surface area contributed by atoms with Gasteiger partial charge in [0, 0.05) is 25.5 Å². The summed E-state index contributed by atoms with van der Waals surface area (Å²) >= 11 is 0. The molecule has 1 saturated heterocycles. The third-order valence-corrected chi connectivity index (χ3v) is 3.11. The lowest BCUT2D eigenvalue weighted by atomic mass is 10.00. The highest BCUT2D eigenvalue weighted by atomic mass is 16.1. The summed E-state index contributed by atoms with van der Waals surface area (Å²) in [7, 11) is 0. The summed E-state index contributed by atoms with van der Waals surface area (Å²) < 4.78 is 0. The molecule has 4 heteroatoms. The van der Waals surface area contributed by atoms with E-state index in [1.165, 1.54) is 19.8 Å². The van der Waals surface area contributed by atoms with Crippen LogP contribution in [0.5, 0.6) is 0 Å². The Bertz CT molecular complexity index is 366. The van der Waals surface area contributed by atoms with Gasteiger partial charge in [0.25, 0.3) is 0 Å². The van der Waals surface area contributed by atoms with Crippen molar-refractivity contribution >= 4 is 11.7 Å². The molecule has 1 aliphatic rings. The SMILES string of the molecule is CC(=O)c1cnc(N2CCC(C)CC2)nc1. The van der Waals surface area contributed by atoms with Crippen molar-refractivity contribution in [3.05, 3.63) is 18.0 Å². The number of hydrogen-bond acceptors (Lipinski definition) is 4. The van der Waals surface area contributed by atoms with E-state index in [0.29, 0.717) is 5.56 Å². The van der Waals surface area contributed by atoms with E-state index in [0.717, 1.165) is 25.0 Å². The van der Waals surface area contributed by atoms with Gasteiger partial charge in [0.05, 0.1) is 5.56 Å². The molecule has 16 heavy (non-hydrogen) atoms. The first-order valence-corrected chi connectivity index (χ1v) is 5.74. The second kappa shape index (κ2) is 4.60. The van der Waals surface area contributed by atoms with Crippen LogP contribution in [-0.2, 0) is 0 Å². The van der Waals surface area contributed by atoms with Crippen LogP contribution in [0.25, 0.3) is 0 Å². The molecule has 0 amide bonds. The van der Waals surface area contributed by atoms with Gasteiger partial charge in [-0.3, -0.25) is 4.79 Å². The van der Waals surface area contributed by atoms with Crippen LogP contribution >= 0.6 is 0 Å². The Morgan fingerprint density at radius 2 is 1.88 bits per heavy atom. The zero-order chi connectivity index (χ0) is 11.5. The highest BCUT2D eigenvalue weighted by Gasteiger charge is 2.17. The summed E-state index contributed by atoms with van der Waals surface area (Å²) in [5.74, 6) is 1.56. The molecule has 0 unspecified atom stereocenters. The molecular formula is C12H17N3O. The number of ketones is 1. The molecule has 2 heterocycles. The van der Waals surface area contributed by atoms with Gasteiger partial charge in [-0.05, 0) is 25.7 Å². The lowest BCUT2D eigenvalue weighted by Gasteiger charge is -2.30. The summed E-state index contributed by atoms with van der Waals surface area (Å²) in [6.45, 7) is 5.83. The Hall–Kier alpha value is -1.45. The van der Waals surface area contributed by atoms with E-state index in [1.54, 1.807) is 12.4 Å². The van der Waals surface area contributed by atoms with Crippen molar-refractivity contribution in [2.24, 2.45) is 5.92 Å². The maximum Gasteiger partial charge on any atom is 0.225 e. The first-order valence-electron chi connectivity index (χ1n) is 5.74. The first-order chi connectivity index (χ1) is 7.66. The molecule has 1 aromatic heterocycles. The fourth-order valence-electron chi connectivity index (χ4n) is 1.87. The number of Topliss-reactive ketones (excluding diaryl/α,β-unsaturated/α-hetero) is 1. The van der Waals surface area contributed by atoms with Crippen molar-refractivity contribution in [3.63, 3.8) is 0 Å². The molecule has 0 radical (unpaired) electrons. The largest absolute Gasteiger partial charge is 0.341 e. The van der Waals surface area contributed by atoms with E-state index in [2.05, 4.69) is 21.8 Å². The second-order valence-electron chi connectivity index (χ2n) is 4.50. The maximum atomic E-state index is 11.1. The third kappa shape index (κ3) is 2.38. The predicted molar refractivity (Wildman–Crippen MR) is 62.6 cm³/mol. The van der Waals surface area contributed by atoms with Gasteiger partial charge in [0.1, 0.15) is 0 Å². The Morgan fingerprint density at radius 3 is 2.38 bits per heavy atom. The van der Waals surface area contributed by atoms with Crippen molar-refractivity contribution < 1.29 is 4.79 Å². The minimum absolute atomic E-state index is 0.0128. The van der Waals surface area contributed by atoms with E-state index >= 15 is 0 Å². The number of hydrogen-bond donors (Lipinski definition) is 0. The number of aromatic nitrogens is 2. The van der Waals surface area contributed by atoms with E-state index in [-0.39, 0.29) is 5.78 Å². The van der Waals surface area contributed by atoms with E-state index in [4.69, 9.17) is 0 Å². The van der Waals surface area contributed by atoms with Crippen LogP contribution in [0.1, 0.15) is 37.0 Å². The van der Waals surface area contributed by atoms with E-state index in [1.807, 2.05) is 0 Å². The van der Waals surface area contributed by atoms with Gasteiger partial charge in [0.15, 0.2) is 5.78 Å². The summed E-state index contributed by atoms with van der Waals surface area (Å²) in [6, 6.07) is 0. The van der Waals surface area contributed by atoms with Crippen molar-refractivity contribution in [1.29, 1.82) is 0 Å². The third-order valence-electron chi connectivity index (χ3n) is 3.11. The molecule has 0 saturated carbocycles. The maximum absolute atomic E-state index is 11.1. The van der Waals surface area contributed by atoms with Crippen LogP contribution in [-0.4, -0.2) is 28.8 Å². The predicted octanol–water partition coefficient (Wildman–Crippen LogP) is 1.92. The summed E-state index contributed by atoms with van der Waals surface area (Å²) in [4.78, 5) is 21.8. The summed E-state index contributed by atoms with van der Waals surface area (Å²) in [5, 5.41) is 0. The number of anilines is 1. The smallest absolute Gasteiger partial charge is 0.225 e. The average Bonchev–Trinajstić information content (AvgIpc) is 2.30. The van der Waals surface area contributed by atoms with E-state index < -0.39 is 0 Å². The fourth-order valence-corrected chi connectivity index (χ4v) is 1.87. The highest BCUT2D eigenvalue weighted by molar-refractivity contribution is 5.93. The highest BCUT2D eigenvalue weighted by Crippen LogP contribution is 2.19. The van der Waals surface area contributed by atoms with Crippen molar-refractivity contribution in [2.45, 2.75) is 26.7 Å². The van der Waals surface area contributed by atoms with Crippen LogP contribution in [0.15, 0.2) is 12.4 Å². The molecule has 2 rings (SSSR count). The van der Waals surface area contributed by atoms with Crippen LogP contribution < -0.4 is 4.90 Å². The molecule has 0 bridgehead atoms. The van der Waals surface area contributed by atoms with Gasteiger partial charge in [-0.25, -0.2) is 9.97 Å². The Balaban J connectivity index is 2.07. The molecule has 1 aliphatic heterocycles. The molecule has 1 aromatic rings. The van der Waals surface area contributed by atoms with Crippen molar-refractivity contribution in [2.75, 3.05) is 18.0 Å². The van der Waals surface area contributed by atoms with Gasteiger partial charge in [-0.1, -0.05) is 6.92 Å². The van der Waals surface area contributed by atoms with Crippen LogP contribution in [0.4, 0.5) is 5.95 Å². The van der Waals surface area contributed by atoms with Crippen LogP contribution in [0, 0.1) is 5.92 Å². The van der Waals surface area contributed by atoms with Crippen molar-refractivity contribution in [3.8, 4) is 0 Å². The monoisotopic (exact) mass is 219 g/mol. The number of piperidine rings is 1. The number of rotatable bonds is 2. The molecule has 0 atom stereocenters. The fraction of sp³-hybridized carbons (Fsp3) is 0.583. The molecule has 1 fully saturated rings. The minimum Gasteiger partial charge on any atom is -0.341 e. The van der Waals surface area contributed by atoms with Gasteiger partial charge >= 0.3 is 0 Å². The minimum atomic E-state index is 0.0128. The molecule has 0 N–H and O–H groups in total. The van der Waals surface area contributed by atoms with Crippen molar-refractivity contribution in [1.82, 2.24) is 9.97 Å².